The molecule has 3 aromatic carbocycles. The van der Waals surface area contributed by atoms with E-state index in [0.29, 0.717) is 23.6 Å². The molecule has 0 saturated carbocycles. The molecule has 1 saturated heterocycles. The van der Waals surface area contributed by atoms with E-state index in [-0.39, 0.29) is 11.3 Å². The highest BCUT2D eigenvalue weighted by molar-refractivity contribution is 9.10. The fourth-order valence-electron chi connectivity index (χ4n) is 3.94. The number of carbonyl (C=O) groups excluding carboxylic acids is 2. The Hall–Kier alpha value is -3.38. The summed E-state index contributed by atoms with van der Waals surface area (Å²) in [5.41, 5.74) is 2.71. The molecule has 0 radical (unpaired) electrons. The van der Waals surface area contributed by atoms with Gasteiger partial charge in [-0.25, -0.2) is 0 Å². The maximum absolute atomic E-state index is 13.3. The maximum atomic E-state index is 13.3. The van der Waals surface area contributed by atoms with E-state index in [1.807, 2.05) is 56.3 Å². The van der Waals surface area contributed by atoms with Crippen LogP contribution in [-0.2, 0) is 9.59 Å². The van der Waals surface area contributed by atoms with Crippen molar-refractivity contribution >= 4 is 39.1 Å². The maximum Gasteiger partial charge on any atom is 0.300 e. The lowest BCUT2D eigenvalue weighted by molar-refractivity contribution is -0.132. The molecule has 3 aromatic rings. The molecule has 1 fully saturated rings. The van der Waals surface area contributed by atoms with Gasteiger partial charge in [0.1, 0.15) is 11.5 Å². The second-order valence-electron chi connectivity index (χ2n) is 7.89. The summed E-state index contributed by atoms with van der Waals surface area (Å²) in [4.78, 5) is 27.9. The third-order valence-corrected chi connectivity index (χ3v) is 6.45. The Bertz CT molecular complexity index is 1240. The average molecular weight is 506 g/mol. The largest absolute Gasteiger partial charge is 0.507 e. The Morgan fingerprint density at radius 3 is 2.48 bits per heavy atom. The zero-order chi connectivity index (χ0) is 23.5. The number of amides is 1. The highest BCUT2D eigenvalue weighted by atomic mass is 79.9. The number of ketones is 1. The van der Waals surface area contributed by atoms with E-state index >= 15 is 0 Å². The van der Waals surface area contributed by atoms with Crippen LogP contribution in [0.5, 0.6) is 5.75 Å². The van der Waals surface area contributed by atoms with Crippen molar-refractivity contribution in [2.45, 2.75) is 26.3 Å². The first-order valence-electron chi connectivity index (χ1n) is 10.8. The smallest absolute Gasteiger partial charge is 0.300 e. The van der Waals surface area contributed by atoms with E-state index in [1.165, 1.54) is 4.90 Å². The minimum Gasteiger partial charge on any atom is -0.507 e. The zero-order valence-corrected chi connectivity index (χ0v) is 20.0. The molecule has 1 unspecified atom stereocenters. The Kier molecular flexibility index (Phi) is 6.65. The number of ether oxygens (including phenoxy) is 1. The summed E-state index contributed by atoms with van der Waals surface area (Å²) >= 11 is 3.46. The minimum absolute atomic E-state index is 0.0628. The lowest BCUT2D eigenvalue weighted by Gasteiger charge is -2.26. The first kappa shape index (κ1) is 22.8. The van der Waals surface area contributed by atoms with E-state index in [0.717, 1.165) is 22.0 Å². The van der Waals surface area contributed by atoms with Crippen LogP contribution in [0.3, 0.4) is 0 Å². The van der Waals surface area contributed by atoms with Crippen molar-refractivity contribution in [1.82, 2.24) is 0 Å². The van der Waals surface area contributed by atoms with Crippen LogP contribution < -0.4 is 9.64 Å². The summed E-state index contributed by atoms with van der Waals surface area (Å²) in [6.45, 7) is 4.46. The number of aryl methyl sites for hydroxylation is 1. The van der Waals surface area contributed by atoms with Crippen molar-refractivity contribution in [2.75, 3.05) is 11.5 Å². The normalized spacial score (nSPS) is 17.4. The van der Waals surface area contributed by atoms with Gasteiger partial charge in [0.15, 0.2) is 0 Å². The first-order valence-corrected chi connectivity index (χ1v) is 11.6. The fraction of sp³-hybridized carbons (Fsp3) is 0.185. The van der Waals surface area contributed by atoms with Crippen molar-refractivity contribution in [3.05, 3.63) is 99.5 Å². The second kappa shape index (κ2) is 9.63. The van der Waals surface area contributed by atoms with Crippen molar-refractivity contribution in [2.24, 2.45) is 0 Å². The van der Waals surface area contributed by atoms with Crippen LogP contribution in [0.4, 0.5) is 5.69 Å². The van der Waals surface area contributed by atoms with Gasteiger partial charge in [0, 0.05) is 21.8 Å². The summed E-state index contributed by atoms with van der Waals surface area (Å²) in [5.74, 6) is -0.987. The number of nitrogens with zero attached hydrogens (tertiary/aromatic N) is 1. The van der Waals surface area contributed by atoms with Gasteiger partial charge in [0.2, 0.25) is 0 Å². The molecule has 1 amide bonds. The number of carbonyl (C=O) groups is 2. The Morgan fingerprint density at radius 1 is 1.03 bits per heavy atom. The Balaban J connectivity index is 1.89. The van der Waals surface area contributed by atoms with E-state index in [2.05, 4.69) is 15.9 Å². The van der Waals surface area contributed by atoms with Crippen LogP contribution in [0.1, 0.15) is 36.1 Å². The fourth-order valence-corrected chi connectivity index (χ4v) is 4.19. The molecule has 0 aromatic heterocycles. The van der Waals surface area contributed by atoms with Gasteiger partial charge in [-0.3, -0.25) is 14.5 Å². The highest BCUT2D eigenvalue weighted by Crippen LogP contribution is 2.43. The van der Waals surface area contributed by atoms with Crippen LogP contribution >= 0.6 is 15.9 Å². The summed E-state index contributed by atoms with van der Waals surface area (Å²) in [5, 5.41) is 11.2. The van der Waals surface area contributed by atoms with E-state index < -0.39 is 17.7 Å². The number of rotatable bonds is 6. The molecule has 4 rings (SSSR count). The lowest BCUT2D eigenvalue weighted by Crippen LogP contribution is -2.29. The van der Waals surface area contributed by atoms with E-state index in [4.69, 9.17) is 4.74 Å². The summed E-state index contributed by atoms with van der Waals surface area (Å²) < 4.78 is 6.63. The monoisotopic (exact) mass is 505 g/mol. The van der Waals surface area contributed by atoms with Gasteiger partial charge >= 0.3 is 0 Å². The second-order valence-corrected chi connectivity index (χ2v) is 8.74. The van der Waals surface area contributed by atoms with Gasteiger partial charge in [-0.05, 0) is 48.7 Å². The molecule has 5 nitrogen and oxygen atoms in total. The number of aliphatic hydroxyl groups is 1. The van der Waals surface area contributed by atoms with E-state index in [9.17, 15) is 14.7 Å². The van der Waals surface area contributed by atoms with Gasteiger partial charge in [0.05, 0.1) is 18.2 Å². The molecule has 1 aliphatic heterocycles. The Labute approximate surface area is 201 Å². The summed E-state index contributed by atoms with van der Waals surface area (Å²) in [6, 6.07) is 20.9. The van der Waals surface area contributed by atoms with Crippen LogP contribution in [0.2, 0.25) is 0 Å². The third kappa shape index (κ3) is 4.44. The molecule has 0 spiro atoms. The van der Waals surface area contributed by atoms with Crippen molar-refractivity contribution in [1.29, 1.82) is 0 Å². The van der Waals surface area contributed by atoms with Crippen molar-refractivity contribution < 1.29 is 19.4 Å². The van der Waals surface area contributed by atoms with Crippen LogP contribution in [0.15, 0.2) is 82.8 Å². The first-order chi connectivity index (χ1) is 15.9. The van der Waals surface area contributed by atoms with Crippen molar-refractivity contribution in [3.8, 4) is 5.75 Å². The number of Topliss-reactive ketones (excluding diaryl/α,β-unsaturated/α-hetero) is 1. The molecule has 0 bridgehead atoms. The lowest BCUT2D eigenvalue weighted by atomic mass is 9.95. The third-order valence-electron chi connectivity index (χ3n) is 5.56. The van der Waals surface area contributed by atoms with Gasteiger partial charge in [0.25, 0.3) is 11.7 Å². The van der Waals surface area contributed by atoms with Crippen molar-refractivity contribution in [3.63, 3.8) is 0 Å². The quantitative estimate of drug-likeness (QED) is 0.247. The number of benzene rings is 3. The van der Waals surface area contributed by atoms with Gasteiger partial charge in [-0.1, -0.05) is 65.3 Å². The van der Waals surface area contributed by atoms with Crippen LogP contribution in [0.25, 0.3) is 5.76 Å². The topological polar surface area (TPSA) is 66.8 Å². The van der Waals surface area contributed by atoms with Crippen LogP contribution in [-0.4, -0.2) is 23.4 Å². The predicted octanol–water partition coefficient (Wildman–Crippen LogP) is 6.17. The molecule has 33 heavy (non-hydrogen) atoms. The predicted molar refractivity (Wildman–Crippen MR) is 132 cm³/mol. The highest BCUT2D eigenvalue weighted by Gasteiger charge is 2.47. The molecule has 6 heteroatoms. The average Bonchev–Trinajstić information content (AvgIpc) is 3.10. The van der Waals surface area contributed by atoms with Gasteiger partial charge in [-0.15, -0.1) is 0 Å². The minimum atomic E-state index is -0.767. The molecule has 0 aliphatic carbocycles. The number of anilines is 1. The van der Waals surface area contributed by atoms with Gasteiger partial charge in [-0.2, -0.15) is 0 Å². The SMILES string of the molecule is CCCOc1cccc(N2C(=O)C(=O)/C(=C(/O)c3ccc(Br)c(C)c3)C2c2ccccc2)c1. The number of hydrogen-bond donors (Lipinski definition) is 1. The zero-order valence-electron chi connectivity index (χ0n) is 18.4. The van der Waals surface area contributed by atoms with E-state index in [1.54, 1.807) is 30.3 Å². The standard InChI is InChI=1S/C27H24BrNO4/c1-3-14-33-21-11-7-10-20(16-21)29-24(18-8-5-4-6-9-18)23(26(31)27(29)32)25(30)19-12-13-22(28)17(2)15-19/h4-13,15-16,24,30H,3,14H2,1-2H3/b25-23+. The molecular weight excluding hydrogens is 482 g/mol. The summed E-state index contributed by atoms with van der Waals surface area (Å²) in [6.07, 6.45) is 0.853. The molecule has 1 atom stereocenters. The molecule has 1 aliphatic rings. The molecular formula is C27H24BrNO4. The number of halogens is 1. The van der Waals surface area contributed by atoms with Crippen LogP contribution in [0, 0.1) is 6.92 Å². The number of hydrogen-bond acceptors (Lipinski definition) is 4. The Morgan fingerprint density at radius 2 is 1.79 bits per heavy atom. The number of aliphatic hydroxyl groups excluding tert-OH is 1. The molecule has 1 heterocycles. The molecule has 1 N–H and O–H groups in total. The molecule has 168 valence electrons. The van der Waals surface area contributed by atoms with Gasteiger partial charge < -0.3 is 9.84 Å². The summed E-state index contributed by atoms with van der Waals surface area (Å²) in [7, 11) is 0.